The number of benzene rings is 1. The first-order valence-electron chi connectivity index (χ1n) is 6.95. The molecule has 0 saturated heterocycles. The molecule has 0 amide bonds. The Kier molecular flexibility index (Phi) is 2.45. The van der Waals surface area contributed by atoms with E-state index < -0.39 is 0 Å². The van der Waals surface area contributed by atoms with Crippen LogP contribution in [0.2, 0.25) is 0 Å². The second-order valence-electron chi connectivity index (χ2n) is 5.72. The Morgan fingerprint density at radius 2 is 2.05 bits per heavy atom. The summed E-state index contributed by atoms with van der Waals surface area (Å²) in [7, 11) is 0. The Morgan fingerprint density at radius 3 is 2.84 bits per heavy atom. The van der Waals surface area contributed by atoms with Crippen molar-refractivity contribution in [2.45, 2.75) is 38.3 Å². The highest BCUT2D eigenvalue weighted by atomic mass is 16.5. The molecule has 1 fully saturated rings. The molecule has 4 rings (SSSR count). The second kappa shape index (κ2) is 4.17. The van der Waals surface area contributed by atoms with E-state index in [9.17, 15) is 0 Å². The Labute approximate surface area is 112 Å². The molecule has 4 nitrogen and oxygen atoms in total. The molecule has 1 saturated carbocycles. The number of aromatic nitrogens is 2. The van der Waals surface area contributed by atoms with Crippen LogP contribution < -0.4 is 5.32 Å². The van der Waals surface area contributed by atoms with E-state index in [1.54, 1.807) is 0 Å². The van der Waals surface area contributed by atoms with Crippen LogP contribution in [0.25, 0.3) is 0 Å². The van der Waals surface area contributed by atoms with Crippen molar-refractivity contribution in [1.82, 2.24) is 15.5 Å². The lowest BCUT2D eigenvalue weighted by Gasteiger charge is -2.23. The van der Waals surface area contributed by atoms with Crippen LogP contribution in [0.1, 0.15) is 48.1 Å². The molecule has 98 valence electrons. The molecule has 1 aromatic carbocycles. The van der Waals surface area contributed by atoms with Gasteiger partial charge in [0.05, 0.1) is 6.04 Å². The number of nitrogens with zero attached hydrogens (tertiary/aromatic N) is 2. The molecular weight excluding hydrogens is 238 g/mol. The zero-order valence-corrected chi connectivity index (χ0v) is 11.0. The Bertz CT molecular complexity index is 607. The van der Waals surface area contributed by atoms with Gasteiger partial charge < -0.3 is 9.84 Å². The van der Waals surface area contributed by atoms with Crippen molar-refractivity contribution in [3.8, 4) is 0 Å². The molecule has 4 heteroatoms. The molecule has 2 unspecified atom stereocenters. The molecule has 1 aliphatic heterocycles. The van der Waals surface area contributed by atoms with Crippen LogP contribution >= 0.6 is 0 Å². The fourth-order valence-electron chi connectivity index (χ4n) is 2.85. The first kappa shape index (κ1) is 11.2. The van der Waals surface area contributed by atoms with Gasteiger partial charge in [-0.1, -0.05) is 36.3 Å². The van der Waals surface area contributed by atoms with E-state index >= 15 is 0 Å². The van der Waals surface area contributed by atoms with Gasteiger partial charge in [-0.25, -0.2) is 0 Å². The van der Waals surface area contributed by atoms with Crippen LogP contribution in [-0.2, 0) is 13.0 Å². The SMILES string of the molecule is CC1CC1c1noc([C@H]2Cc3ccccc3CN2)n1. The molecule has 0 radical (unpaired) electrons. The third-order valence-corrected chi connectivity index (χ3v) is 4.28. The van der Waals surface area contributed by atoms with Crippen molar-refractivity contribution in [1.29, 1.82) is 0 Å². The van der Waals surface area contributed by atoms with Gasteiger partial charge in [0.2, 0.25) is 5.89 Å². The average molecular weight is 255 g/mol. The number of hydrogen-bond donors (Lipinski definition) is 1. The van der Waals surface area contributed by atoms with Crippen LogP contribution in [0.4, 0.5) is 0 Å². The molecule has 2 aliphatic rings. The van der Waals surface area contributed by atoms with Crippen LogP contribution in [-0.4, -0.2) is 10.1 Å². The standard InChI is InChI=1S/C15H17N3O/c1-9-6-12(9)14-17-15(19-18-14)13-7-10-4-2-3-5-11(10)8-16-13/h2-5,9,12-13,16H,6-8H2,1H3/t9?,12?,13-/m1/s1. The lowest BCUT2D eigenvalue weighted by Crippen LogP contribution is -2.28. The van der Waals surface area contributed by atoms with Crippen molar-refractivity contribution in [3.05, 3.63) is 47.1 Å². The monoisotopic (exact) mass is 255 g/mol. The molecule has 0 bridgehead atoms. The Hall–Kier alpha value is -1.68. The third kappa shape index (κ3) is 1.96. The lowest BCUT2D eigenvalue weighted by molar-refractivity contribution is 0.318. The minimum absolute atomic E-state index is 0.158. The molecule has 1 aliphatic carbocycles. The smallest absolute Gasteiger partial charge is 0.244 e. The molecule has 0 spiro atoms. The highest BCUT2D eigenvalue weighted by molar-refractivity contribution is 5.30. The van der Waals surface area contributed by atoms with E-state index in [0.717, 1.165) is 24.7 Å². The fraction of sp³-hybridized carbons (Fsp3) is 0.467. The number of hydrogen-bond acceptors (Lipinski definition) is 4. The van der Waals surface area contributed by atoms with Gasteiger partial charge in [-0.2, -0.15) is 4.98 Å². The summed E-state index contributed by atoms with van der Waals surface area (Å²) >= 11 is 0. The van der Waals surface area contributed by atoms with Gasteiger partial charge >= 0.3 is 0 Å². The maximum absolute atomic E-state index is 5.45. The molecule has 3 atom stereocenters. The summed E-state index contributed by atoms with van der Waals surface area (Å²) in [4.78, 5) is 4.58. The van der Waals surface area contributed by atoms with Crippen molar-refractivity contribution in [3.63, 3.8) is 0 Å². The zero-order valence-electron chi connectivity index (χ0n) is 11.0. The maximum Gasteiger partial charge on any atom is 0.244 e. The lowest BCUT2D eigenvalue weighted by atomic mass is 9.96. The third-order valence-electron chi connectivity index (χ3n) is 4.28. The topological polar surface area (TPSA) is 51.0 Å². The van der Waals surface area contributed by atoms with Gasteiger partial charge in [0.1, 0.15) is 0 Å². The quantitative estimate of drug-likeness (QED) is 0.896. The fourth-order valence-corrected chi connectivity index (χ4v) is 2.85. The average Bonchev–Trinajstić information content (AvgIpc) is 3.00. The van der Waals surface area contributed by atoms with E-state index in [1.165, 1.54) is 17.5 Å². The number of rotatable bonds is 2. The van der Waals surface area contributed by atoms with E-state index in [1.807, 2.05) is 0 Å². The zero-order chi connectivity index (χ0) is 12.8. The van der Waals surface area contributed by atoms with Gasteiger partial charge in [0.15, 0.2) is 5.82 Å². The highest BCUT2D eigenvalue weighted by Gasteiger charge is 2.38. The van der Waals surface area contributed by atoms with Crippen LogP contribution in [0, 0.1) is 5.92 Å². The Morgan fingerprint density at radius 1 is 1.26 bits per heavy atom. The highest BCUT2D eigenvalue weighted by Crippen LogP contribution is 2.45. The first-order chi connectivity index (χ1) is 9.31. The predicted octanol–water partition coefficient (Wildman–Crippen LogP) is 2.58. The molecule has 1 N–H and O–H groups in total. The van der Waals surface area contributed by atoms with Gasteiger partial charge in [-0.3, -0.25) is 0 Å². The summed E-state index contributed by atoms with van der Waals surface area (Å²) in [5.74, 6) is 2.87. The first-order valence-corrected chi connectivity index (χ1v) is 6.95. The molecule has 2 aromatic rings. The van der Waals surface area contributed by atoms with Crippen molar-refractivity contribution in [2.24, 2.45) is 5.92 Å². The van der Waals surface area contributed by atoms with Gasteiger partial charge in [-0.15, -0.1) is 0 Å². The number of nitrogens with one attached hydrogen (secondary N) is 1. The van der Waals surface area contributed by atoms with E-state index in [4.69, 9.17) is 4.52 Å². The summed E-state index contributed by atoms with van der Waals surface area (Å²) < 4.78 is 5.45. The Balaban J connectivity index is 1.56. The van der Waals surface area contributed by atoms with Gasteiger partial charge in [0, 0.05) is 12.5 Å². The second-order valence-corrected chi connectivity index (χ2v) is 5.72. The molecule has 2 heterocycles. The predicted molar refractivity (Wildman–Crippen MR) is 70.5 cm³/mol. The minimum Gasteiger partial charge on any atom is -0.338 e. The van der Waals surface area contributed by atoms with Gasteiger partial charge in [0.25, 0.3) is 0 Å². The van der Waals surface area contributed by atoms with Crippen molar-refractivity contribution in [2.75, 3.05) is 0 Å². The molecule has 19 heavy (non-hydrogen) atoms. The number of fused-ring (bicyclic) bond motifs is 1. The van der Waals surface area contributed by atoms with Crippen molar-refractivity contribution >= 4 is 0 Å². The van der Waals surface area contributed by atoms with Gasteiger partial charge in [-0.05, 0) is 29.9 Å². The minimum atomic E-state index is 0.158. The van der Waals surface area contributed by atoms with E-state index in [2.05, 4.69) is 46.6 Å². The van der Waals surface area contributed by atoms with Crippen molar-refractivity contribution < 1.29 is 4.52 Å². The van der Waals surface area contributed by atoms with Crippen LogP contribution in [0.15, 0.2) is 28.8 Å². The van der Waals surface area contributed by atoms with Crippen LogP contribution in [0.3, 0.4) is 0 Å². The molecular formula is C15H17N3O. The maximum atomic E-state index is 5.45. The summed E-state index contributed by atoms with van der Waals surface area (Å²) in [6.07, 6.45) is 2.12. The van der Waals surface area contributed by atoms with E-state index in [-0.39, 0.29) is 6.04 Å². The summed E-state index contributed by atoms with van der Waals surface area (Å²) in [5.41, 5.74) is 2.75. The summed E-state index contributed by atoms with van der Waals surface area (Å²) in [6.45, 7) is 3.11. The normalized spacial score (nSPS) is 29.0. The molecule has 1 aromatic heterocycles. The van der Waals surface area contributed by atoms with Crippen LogP contribution in [0.5, 0.6) is 0 Å². The summed E-state index contributed by atoms with van der Waals surface area (Å²) in [5, 5.41) is 7.61. The largest absolute Gasteiger partial charge is 0.338 e. The van der Waals surface area contributed by atoms with E-state index in [0.29, 0.717) is 11.8 Å². The summed E-state index contributed by atoms with van der Waals surface area (Å²) in [6, 6.07) is 8.68.